The molecule has 0 unspecified atom stereocenters. The molecular weight excluding hydrogens is 542 g/mol. The van der Waals surface area contributed by atoms with Gasteiger partial charge >= 0.3 is 0 Å². The first-order chi connectivity index (χ1) is 19.6. The third-order valence-corrected chi connectivity index (χ3v) is 8.72. The summed E-state index contributed by atoms with van der Waals surface area (Å²) in [7, 11) is -0.145. The number of ether oxygens (including phenoxy) is 2. The Balaban J connectivity index is 1.61. The molecule has 0 radical (unpaired) electrons. The number of aliphatic hydroxyl groups excluding tert-OH is 1. The van der Waals surface area contributed by atoms with E-state index in [9.17, 15) is 18.3 Å². The molecule has 3 aromatic rings. The smallest absolute Gasteiger partial charge is 0.261 e. The maximum atomic E-state index is 13.5. The van der Waals surface area contributed by atoms with Crippen molar-refractivity contribution in [3.8, 4) is 11.5 Å². The minimum Gasteiger partial charge on any atom is -0.497 e. The molecule has 0 saturated carbocycles. The van der Waals surface area contributed by atoms with Gasteiger partial charge in [0.05, 0.1) is 31.1 Å². The molecule has 0 fully saturated rings. The molecule has 1 aliphatic rings. The summed E-state index contributed by atoms with van der Waals surface area (Å²) < 4.78 is 40.3. The third-order valence-electron chi connectivity index (χ3n) is 7.33. The average molecular weight is 582 g/mol. The van der Waals surface area contributed by atoms with Crippen LogP contribution in [0.1, 0.15) is 25.0 Å². The zero-order valence-corrected chi connectivity index (χ0v) is 24.8. The minimum atomic E-state index is -3.81. The number of nitrogens with one attached hydrogen (secondary N) is 1. The van der Waals surface area contributed by atoms with E-state index in [1.807, 2.05) is 45.2 Å². The van der Waals surface area contributed by atoms with E-state index in [4.69, 9.17) is 9.47 Å². The minimum absolute atomic E-state index is 0.0156. The SMILES string of the molecule is COc1ccc(CN(C)C[C@@H]2Oc3ccc(NS(=O)(=O)c4ccccc4)cc3CC(=O)N([C@@H](C)CO)C[C@@H]2C)cc1. The molecule has 4 rings (SSSR count). The highest BCUT2D eigenvalue weighted by atomic mass is 32.2. The van der Waals surface area contributed by atoms with Crippen molar-refractivity contribution in [2.75, 3.05) is 38.6 Å². The van der Waals surface area contributed by atoms with Crippen LogP contribution in [0, 0.1) is 5.92 Å². The first-order valence-corrected chi connectivity index (χ1v) is 15.2. The van der Waals surface area contributed by atoms with Crippen molar-refractivity contribution in [2.24, 2.45) is 5.92 Å². The molecule has 0 bridgehead atoms. The van der Waals surface area contributed by atoms with Crippen LogP contribution in [0.25, 0.3) is 0 Å². The maximum absolute atomic E-state index is 13.5. The highest BCUT2D eigenvalue weighted by Gasteiger charge is 2.31. The van der Waals surface area contributed by atoms with Crippen LogP contribution in [0.3, 0.4) is 0 Å². The zero-order chi connectivity index (χ0) is 29.6. The zero-order valence-electron chi connectivity index (χ0n) is 24.0. The lowest BCUT2D eigenvalue weighted by Crippen LogP contribution is -2.47. The molecule has 0 aromatic heterocycles. The van der Waals surface area contributed by atoms with Gasteiger partial charge in [-0.15, -0.1) is 0 Å². The summed E-state index contributed by atoms with van der Waals surface area (Å²) in [6.45, 7) is 5.40. The fourth-order valence-corrected chi connectivity index (χ4v) is 6.01. The molecule has 0 aliphatic carbocycles. The number of sulfonamides is 1. The van der Waals surface area contributed by atoms with E-state index in [0.717, 1.165) is 11.3 Å². The van der Waals surface area contributed by atoms with E-state index in [1.165, 1.54) is 12.1 Å². The van der Waals surface area contributed by atoms with Gasteiger partial charge in [-0.3, -0.25) is 14.4 Å². The van der Waals surface area contributed by atoms with Gasteiger partial charge in [0, 0.05) is 36.8 Å². The number of nitrogens with zero attached hydrogens (tertiary/aromatic N) is 2. The van der Waals surface area contributed by atoms with Crippen molar-refractivity contribution < 1.29 is 27.8 Å². The standard InChI is InChI=1S/C31H39N3O6S/c1-22-18-34(23(2)21-35)31(36)17-25-16-26(32-41(37,38)28-8-6-5-7-9-28)12-15-29(25)40-30(22)20-33(3)19-24-10-13-27(39-4)14-11-24/h5-16,22-23,30,32,35H,17-21H2,1-4H3/t22-,23-,30-/m0/s1. The lowest BCUT2D eigenvalue weighted by atomic mass is 10.0. The largest absolute Gasteiger partial charge is 0.497 e. The number of rotatable bonds is 10. The number of methoxy groups -OCH3 is 1. The Bertz CT molecular complexity index is 1420. The second kappa shape index (κ2) is 13.4. The van der Waals surface area contributed by atoms with Crippen molar-refractivity contribution in [3.05, 3.63) is 83.9 Å². The maximum Gasteiger partial charge on any atom is 0.261 e. The van der Waals surface area contributed by atoms with Crippen LogP contribution in [0.2, 0.25) is 0 Å². The summed E-state index contributed by atoms with van der Waals surface area (Å²) in [5.41, 5.74) is 2.05. The normalized spacial score (nSPS) is 18.5. The van der Waals surface area contributed by atoms with Gasteiger partial charge in [-0.05, 0) is 62.0 Å². The Morgan fingerprint density at radius 3 is 2.49 bits per heavy atom. The summed E-state index contributed by atoms with van der Waals surface area (Å²) in [5.74, 6) is 1.13. The highest BCUT2D eigenvalue weighted by Crippen LogP contribution is 2.30. The first kappa shape index (κ1) is 30.4. The fourth-order valence-electron chi connectivity index (χ4n) is 4.94. The summed E-state index contributed by atoms with van der Waals surface area (Å²) >= 11 is 0. The van der Waals surface area contributed by atoms with Crippen LogP contribution in [0.4, 0.5) is 5.69 Å². The Kier molecular flexibility index (Phi) is 9.90. The quantitative estimate of drug-likeness (QED) is 0.375. The van der Waals surface area contributed by atoms with Gasteiger partial charge in [-0.25, -0.2) is 8.42 Å². The van der Waals surface area contributed by atoms with Crippen molar-refractivity contribution >= 4 is 21.6 Å². The summed E-state index contributed by atoms with van der Waals surface area (Å²) in [4.78, 5) is 17.5. The van der Waals surface area contributed by atoms with Crippen molar-refractivity contribution in [1.82, 2.24) is 9.80 Å². The summed E-state index contributed by atoms with van der Waals surface area (Å²) in [5, 5.41) is 9.89. The number of carbonyl (C=O) groups is 1. The van der Waals surface area contributed by atoms with E-state index in [2.05, 4.69) is 9.62 Å². The summed E-state index contributed by atoms with van der Waals surface area (Å²) in [6.07, 6.45) is -0.259. The number of likely N-dealkylation sites (N-methyl/N-ethyl adjacent to an activating group) is 1. The van der Waals surface area contributed by atoms with Crippen molar-refractivity contribution in [2.45, 2.75) is 43.9 Å². The fraction of sp³-hybridized carbons (Fsp3) is 0.387. The molecule has 2 N–H and O–H groups in total. The Morgan fingerprint density at radius 1 is 1.12 bits per heavy atom. The van der Waals surface area contributed by atoms with E-state index in [-0.39, 0.29) is 41.9 Å². The number of hydrogen-bond donors (Lipinski definition) is 2. The molecule has 220 valence electrons. The second-order valence-corrected chi connectivity index (χ2v) is 12.4. The third kappa shape index (κ3) is 7.78. The number of fused-ring (bicyclic) bond motifs is 1. The van der Waals surface area contributed by atoms with Gasteiger partial charge < -0.3 is 19.5 Å². The van der Waals surface area contributed by atoms with Crippen LogP contribution in [-0.4, -0.2) is 75.2 Å². The van der Waals surface area contributed by atoms with Gasteiger partial charge in [-0.2, -0.15) is 0 Å². The Hall–Kier alpha value is -3.60. The van der Waals surface area contributed by atoms with E-state index in [1.54, 1.807) is 48.4 Å². The number of anilines is 1. The Labute approximate surface area is 242 Å². The predicted molar refractivity (Wildman–Crippen MR) is 159 cm³/mol. The Morgan fingerprint density at radius 2 is 1.83 bits per heavy atom. The van der Waals surface area contributed by atoms with Gasteiger partial charge in [0.15, 0.2) is 0 Å². The van der Waals surface area contributed by atoms with Crippen molar-refractivity contribution in [3.63, 3.8) is 0 Å². The molecule has 41 heavy (non-hydrogen) atoms. The van der Waals surface area contributed by atoms with Gasteiger partial charge in [0.2, 0.25) is 5.91 Å². The molecule has 0 spiro atoms. The molecule has 1 heterocycles. The topological polar surface area (TPSA) is 108 Å². The van der Waals surface area contributed by atoms with E-state index in [0.29, 0.717) is 36.6 Å². The average Bonchev–Trinajstić information content (AvgIpc) is 3.00. The van der Waals surface area contributed by atoms with Crippen LogP contribution >= 0.6 is 0 Å². The van der Waals surface area contributed by atoms with Crippen molar-refractivity contribution in [1.29, 1.82) is 0 Å². The van der Waals surface area contributed by atoms with Gasteiger partial charge in [0.25, 0.3) is 10.0 Å². The predicted octanol–water partition coefficient (Wildman–Crippen LogP) is 3.78. The van der Waals surface area contributed by atoms with Gasteiger partial charge in [-0.1, -0.05) is 37.3 Å². The molecule has 10 heteroatoms. The number of amides is 1. The van der Waals surface area contributed by atoms with E-state index >= 15 is 0 Å². The lowest BCUT2D eigenvalue weighted by Gasteiger charge is -2.34. The number of carbonyl (C=O) groups excluding carboxylic acids is 1. The van der Waals surface area contributed by atoms with E-state index < -0.39 is 10.0 Å². The van der Waals surface area contributed by atoms with Gasteiger partial charge in [0.1, 0.15) is 17.6 Å². The van der Waals surface area contributed by atoms with Crippen LogP contribution in [0.5, 0.6) is 11.5 Å². The lowest BCUT2D eigenvalue weighted by molar-refractivity contribution is -0.134. The second-order valence-electron chi connectivity index (χ2n) is 10.7. The summed E-state index contributed by atoms with van der Waals surface area (Å²) in [6, 6.07) is 20.7. The van der Waals surface area contributed by atoms with Crippen LogP contribution < -0.4 is 14.2 Å². The molecule has 1 amide bonds. The monoisotopic (exact) mass is 581 g/mol. The molecule has 3 atom stereocenters. The number of hydrogen-bond acceptors (Lipinski definition) is 7. The molecule has 1 aliphatic heterocycles. The molecule has 9 nitrogen and oxygen atoms in total. The molecule has 3 aromatic carbocycles. The van der Waals surface area contributed by atoms with Crippen LogP contribution in [-0.2, 0) is 27.8 Å². The number of aliphatic hydroxyl groups is 1. The first-order valence-electron chi connectivity index (χ1n) is 13.7. The molecule has 0 saturated heterocycles. The number of benzene rings is 3. The van der Waals surface area contributed by atoms with Crippen LogP contribution in [0.15, 0.2) is 77.7 Å². The molecular formula is C31H39N3O6S. The highest BCUT2D eigenvalue weighted by molar-refractivity contribution is 7.92.